The van der Waals surface area contributed by atoms with Crippen molar-refractivity contribution in [2.24, 2.45) is 5.41 Å². The molecule has 1 N–H and O–H groups in total. The highest BCUT2D eigenvalue weighted by Crippen LogP contribution is 2.36. The lowest BCUT2D eigenvalue weighted by Gasteiger charge is -2.41. The van der Waals surface area contributed by atoms with Gasteiger partial charge in [0.15, 0.2) is 0 Å². The second-order valence-corrected chi connectivity index (χ2v) is 8.29. The lowest BCUT2D eigenvalue weighted by Crippen LogP contribution is -2.55. The Morgan fingerprint density at radius 3 is 2.52 bits per heavy atom. The molecule has 0 aliphatic carbocycles. The number of nitrogens with zero attached hydrogens (tertiary/aromatic N) is 2. The van der Waals surface area contributed by atoms with Gasteiger partial charge in [-0.15, -0.1) is 6.58 Å². The molecule has 0 aromatic carbocycles. The molecule has 23 heavy (non-hydrogen) atoms. The molecule has 2 heterocycles. The van der Waals surface area contributed by atoms with Crippen LogP contribution in [0.4, 0.5) is 0 Å². The summed E-state index contributed by atoms with van der Waals surface area (Å²) < 4.78 is 33.7. The number of aliphatic carboxylic acids is 1. The molecule has 0 aromatic rings. The molecule has 7 nitrogen and oxygen atoms in total. The van der Waals surface area contributed by atoms with Crippen LogP contribution in [0.15, 0.2) is 12.7 Å². The lowest BCUT2D eigenvalue weighted by atomic mass is 9.78. The fourth-order valence-electron chi connectivity index (χ4n) is 3.45. The molecular weight excluding hydrogens is 320 g/mol. The lowest BCUT2D eigenvalue weighted by molar-refractivity contribution is -0.151. The van der Waals surface area contributed by atoms with Gasteiger partial charge in [-0.05, 0) is 32.1 Å². The van der Waals surface area contributed by atoms with Gasteiger partial charge in [0.25, 0.3) is 10.2 Å². The number of hydrogen-bond donors (Lipinski definition) is 1. The Morgan fingerprint density at radius 2 is 2.00 bits per heavy atom. The molecule has 8 heteroatoms. The van der Waals surface area contributed by atoms with E-state index in [0.717, 1.165) is 0 Å². The monoisotopic (exact) mass is 346 g/mol. The Morgan fingerprint density at radius 1 is 1.35 bits per heavy atom. The van der Waals surface area contributed by atoms with E-state index in [4.69, 9.17) is 4.74 Å². The average molecular weight is 346 g/mol. The minimum Gasteiger partial charge on any atom is -0.481 e. The van der Waals surface area contributed by atoms with Gasteiger partial charge >= 0.3 is 5.97 Å². The Bertz CT molecular complexity index is 542. The molecule has 1 unspecified atom stereocenters. The van der Waals surface area contributed by atoms with Gasteiger partial charge in [0.05, 0.1) is 11.5 Å². The molecule has 2 aliphatic rings. The normalized spacial score (nSPS) is 28.6. The molecular formula is C15H26N2O5S. The number of carboxylic acids is 1. The van der Waals surface area contributed by atoms with Gasteiger partial charge in [0, 0.05) is 33.3 Å². The van der Waals surface area contributed by atoms with Crippen LogP contribution in [0.1, 0.15) is 32.1 Å². The second kappa shape index (κ2) is 7.29. The highest BCUT2D eigenvalue weighted by atomic mass is 32.2. The van der Waals surface area contributed by atoms with Gasteiger partial charge in [-0.1, -0.05) is 6.08 Å². The molecule has 0 radical (unpaired) electrons. The smallest absolute Gasteiger partial charge is 0.311 e. The summed E-state index contributed by atoms with van der Waals surface area (Å²) >= 11 is 0. The van der Waals surface area contributed by atoms with E-state index in [1.54, 1.807) is 13.2 Å². The predicted molar refractivity (Wildman–Crippen MR) is 86.2 cm³/mol. The van der Waals surface area contributed by atoms with Crippen LogP contribution in [0.3, 0.4) is 0 Å². The second-order valence-electron chi connectivity index (χ2n) is 6.36. The molecule has 0 aromatic heterocycles. The number of piperidine rings is 2. The molecule has 2 fully saturated rings. The summed E-state index contributed by atoms with van der Waals surface area (Å²) in [5.41, 5.74) is -1.06. The first-order valence-electron chi connectivity index (χ1n) is 7.98. The fraction of sp³-hybridized carbons (Fsp3) is 0.800. The maximum Gasteiger partial charge on any atom is 0.311 e. The van der Waals surface area contributed by atoms with Crippen LogP contribution in [-0.4, -0.2) is 67.5 Å². The number of carbonyl (C=O) groups is 1. The van der Waals surface area contributed by atoms with Crippen molar-refractivity contribution in [1.82, 2.24) is 8.61 Å². The minimum absolute atomic E-state index is 0.0148. The van der Waals surface area contributed by atoms with Gasteiger partial charge in [0.1, 0.15) is 0 Å². The first-order valence-corrected chi connectivity index (χ1v) is 9.38. The van der Waals surface area contributed by atoms with E-state index in [1.165, 1.54) is 8.61 Å². The van der Waals surface area contributed by atoms with E-state index >= 15 is 0 Å². The fourth-order valence-corrected chi connectivity index (χ4v) is 5.22. The van der Waals surface area contributed by atoms with Gasteiger partial charge in [-0.2, -0.15) is 17.0 Å². The molecule has 2 saturated heterocycles. The van der Waals surface area contributed by atoms with Crippen LogP contribution >= 0.6 is 0 Å². The number of hydrogen-bond acceptors (Lipinski definition) is 4. The van der Waals surface area contributed by atoms with Crippen molar-refractivity contribution < 1.29 is 23.1 Å². The summed E-state index contributed by atoms with van der Waals surface area (Å²) in [6, 6.07) is 0. The van der Waals surface area contributed by atoms with Crippen molar-refractivity contribution in [3.05, 3.63) is 12.7 Å². The van der Waals surface area contributed by atoms with Crippen LogP contribution in [0.5, 0.6) is 0 Å². The SMILES string of the molecule is C=CCC1(C(=O)O)CCCN(S(=O)(=O)N2CCC(OC)CC2)C1. The number of methoxy groups -OCH3 is 1. The summed E-state index contributed by atoms with van der Waals surface area (Å²) in [6.45, 7) is 4.84. The Kier molecular flexibility index (Phi) is 5.83. The van der Waals surface area contributed by atoms with Crippen molar-refractivity contribution in [2.45, 2.75) is 38.2 Å². The Balaban J connectivity index is 2.13. The van der Waals surface area contributed by atoms with E-state index < -0.39 is 21.6 Å². The maximum atomic E-state index is 12.8. The van der Waals surface area contributed by atoms with Gasteiger partial charge in [-0.3, -0.25) is 4.79 Å². The van der Waals surface area contributed by atoms with E-state index in [1.807, 2.05) is 0 Å². The summed E-state index contributed by atoms with van der Waals surface area (Å²) in [5.74, 6) is -0.949. The number of carboxylic acid groups (broad SMARTS) is 1. The standard InChI is InChI=1S/C15H26N2O5S/c1-3-7-15(14(18)19)8-4-9-17(12-15)23(20,21)16-10-5-13(22-2)6-11-16/h3,13H,1,4-12H2,2H3,(H,18,19). The quantitative estimate of drug-likeness (QED) is 0.727. The summed E-state index contributed by atoms with van der Waals surface area (Å²) in [5, 5.41) is 9.58. The number of ether oxygens (including phenoxy) is 1. The number of allylic oxidation sites excluding steroid dienone is 1. The average Bonchev–Trinajstić information content (AvgIpc) is 2.55. The third kappa shape index (κ3) is 3.76. The first-order chi connectivity index (χ1) is 10.9. The molecule has 0 spiro atoms. The van der Waals surface area contributed by atoms with Crippen molar-refractivity contribution in [2.75, 3.05) is 33.3 Å². The van der Waals surface area contributed by atoms with Crippen LogP contribution in [-0.2, 0) is 19.7 Å². The highest BCUT2D eigenvalue weighted by Gasteiger charge is 2.46. The zero-order valence-corrected chi connectivity index (χ0v) is 14.4. The molecule has 132 valence electrons. The third-order valence-corrected chi connectivity index (χ3v) is 6.90. The summed E-state index contributed by atoms with van der Waals surface area (Å²) in [7, 11) is -1.99. The van der Waals surface area contributed by atoms with E-state index in [2.05, 4.69) is 6.58 Å². The third-order valence-electron chi connectivity index (χ3n) is 4.92. The summed E-state index contributed by atoms with van der Waals surface area (Å²) in [6.07, 6.45) is 4.30. The molecule has 0 saturated carbocycles. The van der Waals surface area contributed by atoms with Crippen molar-refractivity contribution >= 4 is 16.2 Å². The van der Waals surface area contributed by atoms with Gasteiger partial charge < -0.3 is 9.84 Å². The number of rotatable bonds is 6. The Labute approximate surface area is 138 Å². The predicted octanol–water partition coefficient (Wildman–Crippen LogP) is 1.08. The Hall–Kier alpha value is -0.960. The summed E-state index contributed by atoms with van der Waals surface area (Å²) in [4.78, 5) is 11.7. The maximum absolute atomic E-state index is 12.8. The van der Waals surface area contributed by atoms with Crippen LogP contribution in [0.2, 0.25) is 0 Å². The minimum atomic E-state index is -3.63. The highest BCUT2D eigenvalue weighted by molar-refractivity contribution is 7.86. The molecule has 0 amide bonds. The van der Waals surface area contributed by atoms with Crippen LogP contribution in [0, 0.1) is 5.41 Å². The van der Waals surface area contributed by atoms with Gasteiger partial charge in [-0.25, -0.2) is 0 Å². The van der Waals surface area contributed by atoms with Gasteiger partial charge in [0.2, 0.25) is 0 Å². The van der Waals surface area contributed by atoms with Crippen LogP contribution < -0.4 is 0 Å². The topological polar surface area (TPSA) is 87.2 Å². The van der Waals surface area contributed by atoms with Crippen molar-refractivity contribution in [3.8, 4) is 0 Å². The zero-order chi connectivity index (χ0) is 17.1. The van der Waals surface area contributed by atoms with Crippen LogP contribution in [0.25, 0.3) is 0 Å². The van der Waals surface area contributed by atoms with E-state index in [0.29, 0.717) is 45.3 Å². The molecule has 2 aliphatic heterocycles. The molecule has 0 bridgehead atoms. The molecule has 1 atom stereocenters. The van der Waals surface area contributed by atoms with E-state index in [9.17, 15) is 18.3 Å². The van der Waals surface area contributed by atoms with Crippen molar-refractivity contribution in [1.29, 1.82) is 0 Å². The van der Waals surface area contributed by atoms with Crippen molar-refractivity contribution in [3.63, 3.8) is 0 Å². The largest absolute Gasteiger partial charge is 0.481 e. The first kappa shape index (κ1) is 18.4. The zero-order valence-electron chi connectivity index (χ0n) is 13.6. The molecule has 2 rings (SSSR count). The van der Waals surface area contributed by atoms with E-state index in [-0.39, 0.29) is 19.1 Å².